The molecule has 0 aromatic carbocycles. The average Bonchev–Trinajstić information content (AvgIpc) is 3.11. The van der Waals surface area contributed by atoms with E-state index in [0.29, 0.717) is 23.8 Å². The van der Waals surface area contributed by atoms with Crippen molar-refractivity contribution >= 4 is 11.6 Å². The van der Waals surface area contributed by atoms with Crippen molar-refractivity contribution in [1.82, 2.24) is 9.88 Å². The molecule has 0 spiro atoms. The number of nitrogen functional groups attached to an aromatic ring is 1. The number of aliphatic hydroxyl groups is 1. The van der Waals surface area contributed by atoms with E-state index in [0.717, 1.165) is 19.3 Å². The Kier molecular flexibility index (Phi) is 3.91. The van der Waals surface area contributed by atoms with E-state index >= 15 is 0 Å². The normalized spacial score (nSPS) is 16.6. The Labute approximate surface area is 107 Å². The van der Waals surface area contributed by atoms with Gasteiger partial charge in [-0.15, -0.1) is 0 Å². The van der Waals surface area contributed by atoms with Crippen molar-refractivity contribution in [2.45, 2.75) is 44.7 Å². The van der Waals surface area contributed by atoms with Crippen LogP contribution in [-0.2, 0) is 0 Å². The quantitative estimate of drug-likeness (QED) is 0.713. The molecule has 1 heterocycles. The van der Waals surface area contributed by atoms with Gasteiger partial charge in [0.2, 0.25) is 0 Å². The molecule has 100 valence electrons. The zero-order valence-corrected chi connectivity index (χ0v) is 10.7. The highest BCUT2D eigenvalue weighted by Gasteiger charge is 2.28. The van der Waals surface area contributed by atoms with Crippen LogP contribution in [0.4, 0.5) is 5.69 Å². The van der Waals surface area contributed by atoms with Crippen LogP contribution in [0.25, 0.3) is 0 Å². The summed E-state index contributed by atoms with van der Waals surface area (Å²) < 4.78 is 1.97. The number of carbonyl (C=O) groups is 1. The molecule has 1 aromatic rings. The highest BCUT2D eigenvalue weighted by Crippen LogP contribution is 2.37. The van der Waals surface area contributed by atoms with E-state index in [4.69, 9.17) is 10.8 Å². The Morgan fingerprint density at radius 1 is 1.67 bits per heavy atom. The Balaban J connectivity index is 2.08. The highest BCUT2D eigenvalue weighted by atomic mass is 16.3. The van der Waals surface area contributed by atoms with Gasteiger partial charge in [0.15, 0.2) is 0 Å². The van der Waals surface area contributed by atoms with Crippen molar-refractivity contribution < 1.29 is 9.90 Å². The second kappa shape index (κ2) is 5.44. The van der Waals surface area contributed by atoms with Crippen molar-refractivity contribution in [3.63, 3.8) is 0 Å². The van der Waals surface area contributed by atoms with Crippen LogP contribution in [0.15, 0.2) is 12.3 Å². The zero-order valence-electron chi connectivity index (χ0n) is 10.7. The van der Waals surface area contributed by atoms with E-state index in [2.05, 4.69) is 5.32 Å². The SMILES string of the molecule is CCC(CCO)NC(=O)c1cc(N)cn1C1CC1. The van der Waals surface area contributed by atoms with E-state index in [9.17, 15) is 4.79 Å². The third-order valence-corrected chi connectivity index (χ3v) is 3.35. The number of aliphatic hydroxyl groups excluding tert-OH is 1. The number of nitrogens with one attached hydrogen (secondary N) is 1. The topological polar surface area (TPSA) is 80.3 Å². The number of hydrogen-bond donors (Lipinski definition) is 3. The zero-order chi connectivity index (χ0) is 13.1. The summed E-state index contributed by atoms with van der Waals surface area (Å²) in [5.74, 6) is -0.0982. The molecule has 1 fully saturated rings. The monoisotopic (exact) mass is 251 g/mol. The molecule has 5 heteroatoms. The van der Waals surface area contributed by atoms with Gasteiger partial charge in [0.05, 0.1) is 5.69 Å². The molecule has 0 saturated heterocycles. The number of anilines is 1. The molecule has 0 aliphatic heterocycles. The maximum atomic E-state index is 12.2. The fourth-order valence-corrected chi connectivity index (χ4v) is 2.13. The Morgan fingerprint density at radius 3 is 2.94 bits per heavy atom. The third-order valence-electron chi connectivity index (χ3n) is 3.35. The predicted molar refractivity (Wildman–Crippen MR) is 70.4 cm³/mol. The molecule has 1 aliphatic carbocycles. The van der Waals surface area contributed by atoms with Gasteiger partial charge in [-0.25, -0.2) is 0 Å². The van der Waals surface area contributed by atoms with Gasteiger partial charge in [0.1, 0.15) is 5.69 Å². The van der Waals surface area contributed by atoms with E-state index < -0.39 is 0 Å². The predicted octanol–water partition coefficient (Wildman–Crippen LogP) is 1.30. The number of aromatic nitrogens is 1. The number of carbonyl (C=O) groups excluding carboxylic acids is 1. The fourth-order valence-electron chi connectivity index (χ4n) is 2.13. The van der Waals surface area contributed by atoms with Gasteiger partial charge < -0.3 is 20.7 Å². The van der Waals surface area contributed by atoms with Crippen LogP contribution in [0, 0.1) is 0 Å². The Bertz CT molecular complexity index is 424. The maximum absolute atomic E-state index is 12.2. The van der Waals surface area contributed by atoms with Crippen LogP contribution in [-0.4, -0.2) is 28.2 Å². The van der Waals surface area contributed by atoms with Crippen molar-refractivity contribution in [1.29, 1.82) is 0 Å². The first-order valence-corrected chi connectivity index (χ1v) is 6.54. The molecule has 5 nitrogen and oxygen atoms in total. The van der Waals surface area contributed by atoms with Crippen LogP contribution >= 0.6 is 0 Å². The molecule has 1 aromatic heterocycles. The number of hydrogen-bond acceptors (Lipinski definition) is 3. The number of amides is 1. The minimum absolute atomic E-state index is 0.0197. The maximum Gasteiger partial charge on any atom is 0.268 e. The van der Waals surface area contributed by atoms with Crippen LogP contribution in [0.2, 0.25) is 0 Å². The summed E-state index contributed by atoms with van der Waals surface area (Å²) in [6, 6.07) is 2.17. The summed E-state index contributed by atoms with van der Waals surface area (Å²) in [5, 5.41) is 11.9. The van der Waals surface area contributed by atoms with Crippen LogP contribution in [0.5, 0.6) is 0 Å². The molecule has 1 amide bonds. The molecule has 4 N–H and O–H groups in total. The van der Waals surface area contributed by atoms with E-state index in [-0.39, 0.29) is 18.6 Å². The molecular weight excluding hydrogens is 230 g/mol. The molecular formula is C13H21N3O2. The number of nitrogens with zero attached hydrogens (tertiary/aromatic N) is 1. The second-order valence-corrected chi connectivity index (χ2v) is 4.89. The van der Waals surface area contributed by atoms with Gasteiger partial charge in [-0.2, -0.15) is 0 Å². The summed E-state index contributed by atoms with van der Waals surface area (Å²) in [5.41, 5.74) is 7.02. The lowest BCUT2D eigenvalue weighted by Crippen LogP contribution is -2.36. The minimum Gasteiger partial charge on any atom is -0.397 e. The summed E-state index contributed by atoms with van der Waals surface area (Å²) in [7, 11) is 0. The first-order valence-electron chi connectivity index (χ1n) is 6.54. The smallest absolute Gasteiger partial charge is 0.268 e. The lowest BCUT2D eigenvalue weighted by Gasteiger charge is -2.16. The van der Waals surface area contributed by atoms with Gasteiger partial charge in [0.25, 0.3) is 5.91 Å². The summed E-state index contributed by atoms with van der Waals surface area (Å²) >= 11 is 0. The molecule has 2 rings (SSSR count). The van der Waals surface area contributed by atoms with Gasteiger partial charge in [-0.1, -0.05) is 6.92 Å². The van der Waals surface area contributed by atoms with Crippen molar-refractivity contribution in [2.75, 3.05) is 12.3 Å². The fraction of sp³-hybridized carbons (Fsp3) is 0.615. The highest BCUT2D eigenvalue weighted by molar-refractivity contribution is 5.94. The average molecular weight is 251 g/mol. The lowest BCUT2D eigenvalue weighted by atomic mass is 10.1. The third kappa shape index (κ3) is 2.85. The van der Waals surface area contributed by atoms with E-state index in [1.165, 1.54) is 0 Å². The molecule has 18 heavy (non-hydrogen) atoms. The Hall–Kier alpha value is -1.49. The standard InChI is InChI=1S/C13H21N3O2/c1-2-10(5-6-17)15-13(18)12-7-9(14)8-16(12)11-3-4-11/h7-8,10-11,17H,2-6,14H2,1H3,(H,15,18). The van der Waals surface area contributed by atoms with Crippen LogP contribution in [0.1, 0.15) is 49.1 Å². The molecule has 1 atom stereocenters. The van der Waals surface area contributed by atoms with Gasteiger partial charge in [0, 0.05) is 24.9 Å². The van der Waals surface area contributed by atoms with Crippen molar-refractivity contribution in [3.8, 4) is 0 Å². The van der Waals surface area contributed by atoms with Gasteiger partial charge >= 0.3 is 0 Å². The number of nitrogens with two attached hydrogens (primary N) is 1. The van der Waals surface area contributed by atoms with Gasteiger partial charge in [-0.05, 0) is 31.7 Å². The van der Waals surface area contributed by atoms with E-state index in [1.54, 1.807) is 6.07 Å². The first kappa shape index (κ1) is 13.0. The summed E-state index contributed by atoms with van der Waals surface area (Å²) in [6.07, 6.45) is 5.46. The minimum atomic E-state index is -0.0982. The first-order chi connectivity index (χ1) is 8.65. The largest absolute Gasteiger partial charge is 0.397 e. The van der Waals surface area contributed by atoms with Crippen LogP contribution in [0.3, 0.4) is 0 Å². The molecule has 1 aliphatic rings. The number of rotatable bonds is 6. The molecule has 0 bridgehead atoms. The van der Waals surface area contributed by atoms with E-state index in [1.807, 2.05) is 17.7 Å². The summed E-state index contributed by atoms with van der Waals surface area (Å²) in [4.78, 5) is 12.2. The van der Waals surface area contributed by atoms with Crippen LogP contribution < -0.4 is 11.1 Å². The molecule has 1 unspecified atom stereocenters. The Morgan fingerprint density at radius 2 is 2.39 bits per heavy atom. The van der Waals surface area contributed by atoms with Crippen molar-refractivity contribution in [2.24, 2.45) is 0 Å². The lowest BCUT2D eigenvalue weighted by molar-refractivity contribution is 0.0919. The summed E-state index contributed by atoms with van der Waals surface area (Å²) in [6.45, 7) is 2.08. The van der Waals surface area contributed by atoms with Crippen molar-refractivity contribution in [3.05, 3.63) is 18.0 Å². The second-order valence-electron chi connectivity index (χ2n) is 4.89. The van der Waals surface area contributed by atoms with Gasteiger partial charge in [-0.3, -0.25) is 4.79 Å². The molecule has 0 radical (unpaired) electrons. The molecule has 1 saturated carbocycles.